The highest BCUT2D eigenvalue weighted by Gasteiger charge is 2.33. The Morgan fingerprint density at radius 2 is 2.00 bits per heavy atom. The van der Waals surface area contributed by atoms with Crippen molar-refractivity contribution in [2.24, 2.45) is 13.0 Å². The zero-order valence-corrected chi connectivity index (χ0v) is 14.3. The van der Waals surface area contributed by atoms with Gasteiger partial charge in [0, 0.05) is 44.7 Å². The summed E-state index contributed by atoms with van der Waals surface area (Å²) in [5.74, 6) is 3.60. The van der Waals surface area contributed by atoms with Crippen molar-refractivity contribution in [3.63, 3.8) is 0 Å². The third kappa shape index (κ3) is 2.69. The summed E-state index contributed by atoms with van der Waals surface area (Å²) in [5.41, 5.74) is 2.16. The fraction of sp³-hybridized carbons (Fsp3) is 0.529. The molecule has 5 nitrogen and oxygen atoms in total. The maximum Gasteiger partial charge on any atom is 0.227 e. The molecule has 1 atom stereocenters. The van der Waals surface area contributed by atoms with Gasteiger partial charge in [0.05, 0.1) is 17.0 Å². The summed E-state index contributed by atoms with van der Waals surface area (Å²) in [5, 5.41) is 0. The summed E-state index contributed by atoms with van der Waals surface area (Å²) in [6, 6.07) is 8.20. The van der Waals surface area contributed by atoms with E-state index in [9.17, 15) is 4.79 Å². The second-order valence-corrected chi connectivity index (χ2v) is 7.55. The van der Waals surface area contributed by atoms with Crippen LogP contribution >= 0.6 is 11.8 Å². The van der Waals surface area contributed by atoms with Gasteiger partial charge in [0.25, 0.3) is 0 Å². The molecular weight excluding hydrogens is 308 g/mol. The number of amides is 1. The lowest BCUT2D eigenvalue weighted by atomic mass is 10.1. The van der Waals surface area contributed by atoms with E-state index in [1.165, 1.54) is 0 Å². The van der Waals surface area contributed by atoms with Crippen LogP contribution in [0.2, 0.25) is 0 Å². The van der Waals surface area contributed by atoms with E-state index in [1.807, 2.05) is 30.0 Å². The first kappa shape index (κ1) is 14.9. The molecule has 1 aromatic carbocycles. The fourth-order valence-corrected chi connectivity index (χ4v) is 4.50. The van der Waals surface area contributed by atoms with E-state index in [1.54, 1.807) is 0 Å². The van der Waals surface area contributed by atoms with Crippen molar-refractivity contribution in [2.75, 3.05) is 42.6 Å². The smallest absolute Gasteiger partial charge is 0.227 e. The molecule has 1 unspecified atom stereocenters. The van der Waals surface area contributed by atoms with Crippen molar-refractivity contribution in [1.29, 1.82) is 0 Å². The number of para-hydroxylation sites is 2. The van der Waals surface area contributed by atoms with Gasteiger partial charge in [-0.15, -0.1) is 0 Å². The lowest BCUT2D eigenvalue weighted by Crippen LogP contribution is -2.42. The van der Waals surface area contributed by atoms with Gasteiger partial charge in [-0.3, -0.25) is 4.79 Å². The predicted octanol–water partition coefficient (Wildman–Crippen LogP) is 1.97. The Balaban J connectivity index is 1.51. The van der Waals surface area contributed by atoms with Crippen LogP contribution in [0.15, 0.2) is 24.3 Å². The Labute approximate surface area is 140 Å². The molecular formula is C17H22N4OS. The van der Waals surface area contributed by atoms with Crippen LogP contribution in [0.25, 0.3) is 11.0 Å². The summed E-state index contributed by atoms with van der Waals surface area (Å²) in [6.45, 7) is 3.52. The Morgan fingerprint density at radius 3 is 2.78 bits per heavy atom. The number of nitrogens with zero attached hydrogens (tertiary/aromatic N) is 4. The zero-order valence-electron chi connectivity index (χ0n) is 13.4. The van der Waals surface area contributed by atoms with Gasteiger partial charge in [0.15, 0.2) is 0 Å². The first-order valence-electron chi connectivity index (χ1n) is 8.27. The predicted molar refractivity (Wildman–Crippen MR) is 94.9 cm³/mol. The summed E-state index contributed by atoms with van der Waals surface area (Å²) >= 11 is 1.94. The number of carbonyl (C=O) groups is 1. The van der Waals surface area contributed by atoms with Crippen molar-refractivity contribution in [3.05, 3.63) is 24.3 Å². The molecule has 0 saturated carbocycles. The summed E-state index contributed by atoms with van der Waals surface area (Å²) in [7, 11) is 2.06. The lowest BCUT2D eigenvalue weighted by molar-refractivity contribution is -0.134. The third-order valence-corrected chi connectivity index (χ3v) is 5.85. The van der Waals surface area contributed by atoms with Crippen molar-refractivity contribution in [2.45, 2.75) is 6.42 Å². The van der Waals surface area contributed by atoms with Gasteiger partial charge in [-0.1, -0.05) is 12.1 Å². The standard InChI is InChI=1S/C17H22N4OS/c1-19-15-5-3-2-4-14(15)18-17(19)21-7-6-13(12-21)16(22)20-8-10-23-11-9-20/h2-5,13H,6-12H2,1H3. The molecule has 2 aliphatic heterocycles. The van der Waals surface area contributed by atoms with Gasteiger partial charge in [0.1, 0.15) is 0 Å². The van der Waals surface area contributed by atoms with Crippen LogP contribution in [-0.4, -0.2) is 58.0 Å². The van der Waals surface area contributed by atoms with E-state index < -0.39 is 0 Å². The first-order valence-corrected chi connectivity index (χ1v) is 9.42. The second kappa shape index (κ2) is 6.07. The van der Waals surface area contributed by atoms with E-state index in [0.717, 1.165) is 61.1 Å². The highest BCUT2D eigenvalue weighted by atomic mass is 32.2. The minimum Gasteiger partial charge on any atom is -0.341 e. The highest BCUT2D eigenvalue weighted by molar-refractivity contribution is 7.99. The number of aromatic nitrogens is 2. The molecule has 6 heteroatoms. The Morgan fingerprint density at radius 1 is 1.22 bits per heavy atom. The average molecular weight is 330 g/mol. The Bertz CT molecular complexity index is 722. The molecule has 2 saturated heterocycles. The third-order valence-electron chi connectivity index (χ3n) is 4.91. The number of aryl methyl sites for hydroxylation is 1. The van der Waals surface area contributed by atoms with Crippen LogP contribution in [0, 0.1) is 5.92 Å². The van der Waals surface area contributed by atoms with Gasteiger partial charge in [0.2, 0.25) is 11.9 Å². The zero-order chi connectivity index (χ0) is 15.8. The highest BCUT2D eigenvalue weighted by Crippen LogP contribution is 2.27. The van der Waals surface area contributed by atoms with Crippen molar-refractivity contribution < 1.29 is 4.79 Å². The number of anilines is 1. The second-order valence-electron chi connectivity index (χ2n) is 6.33. The van der Waals surface area contributed by atoms with Crippen molar-refractivity contribution in [3.8, 4) is 0 Å². The van der Waals surface area contributed by atoms with Gasteiger partial charge < -0.3 is 14.4 Å². The van der Waals surface area contributed by atoms with E-state index in [2.05, 4.69) is 27.5 Å². The average Bonchev–Trinajstić information content (AvgIpc) is 3.20. The number of thioether (sulfide) groups is 1. The van der Waals surface area contributed by atoms with E-state index in [0.29, 0.717) is 5.91 Å². The molecule has 0 aliphatic carbocycles. The van der Waals surface area contributed by atoms with Crippen LogP contribution in [0.3, 0.4) is 0 Å². The number of fused-ring (bicyclic) bond motifs is 1. The van der Waals surface area contributed by atoms with Crippen molar-refractivity contribution >= 4 is 34.7 Å². The molecule has 3 heterocycles. The molecule has 23 heavy (non-hydrogen) atoms. The summed E-state index contributed by atoms with van der Waals surface area (Å²) in [4.78, 5) is 21.8. The molecule has 1 amide bonds. The quantitative estimate of drug-likeness (QED) is 0.844. The minimum atomic E-state index is 0.123. The van der Waals surface area contributed by atoms with E-state index >= 15 is 0 Å². The fourth-order valence-electron chi connectivity index (χ4n) is 3.60. The first-order chi connectivity index (χ1) is 11.2. The van der Waals surface area contributed by atoms with Crippen LogP contribution in [-0.2, 0) is 11.8 Å². The molecule has 4 rings (SSSR count). The number of hydrogen-bond acceptors (Lipinski definition) is 4. The maximum atomic E-state index is 12.7. The van der Waals surface area contributed by atoms with Crippen LogP contribution in [0.1, 0.15) is 6.42 Å². The summed E-state index contributed by atoms with van der Waals surface area (Å²) in [6.07, 6.45) is 0.936. The number of benzene rings is 1. The van der Waals surface area contributed by atoms with Crippen LogP contribution < -0.4 is 4.90 Å². The topological polar surface area (TPSA) is 41.4 Å². The van der Waals surface area contributed by atoms with Crippen molar-refractivity contribution in [1.82, 2.24) is 14.5 Å². The molecule has 0 bridgehead atoms. The largest absolute Gasteiger partial charge is 0.341 e. The van der Waals surface area contributed by atoms with Gasteiger partial charge in [-0.2, -0.15) is 11.8 Å². The Kier molecular flexibility index (Phi) is 3.93. The van der Waals surface area contributed by atoms with E-state index in [-0.39, 0.29) is 5.92 Å². The normalized spacial score (nSPS) is 22.0. The van der Waals surface area contributed by atoms with Gasteiger partial charge in [-0.05, 0) is 18.6 Å². The maximum absolute atomic E-state index is 12.7. The van der Waals surface area contributed by atoms with E-state index in [4.69, 9.17) is 4.98 Å². The lowest BCUT2D eigenvalue weighted by Gasteiger charge is -2.29. The molecule has 1 aromatic heterocycles. The summed E-state index contributed by atoms with van der Waals surface area (Å²) < 4.78 is 2.14. The molecule has 122 valence electrons. The molecule has 2 aliphatic rings. The van der Waals surface area contributed by atoms with Gasteiger partial charge in [-0.25, -0.2) is 4.98 Å². The Hall–Kier alpha value is -1.69. The molecule has 0 radical (unpaired) electrons. The van der Waals surface area contributed by atoms with Crippen LogP contribution in [0.4, 0.5) is 5.95 Å². The monoisotopic (exact) mass is 330 g/mol. The van der Waals surface area contributed by atoms with Crippen LogP contribution in [0.5, 0.6) is 0 Å². The van der Waals surface area contributed by atoms with Gasteiger partial charge >= 0.3 is 0 Å². The number of imidazole rings is 1. The molecule has 0 spiro atoms. The number of carbonyl (C=O) groups excluding carboxylic acids is 1. The number of hydrogen-bond donors (Lipinski definition) is 0. The minimum absolute atomic E-state index is 0.123. The SMILES string of the molecule is Cn1c(N2CCC(C(=O)N3CCSCC3)C2)nc2ccccc21. The molecule has 2 aromatic rings. The molecule has 0 N–H and O–H groups in total. The molecule has 2 fully saturated rings. The number of rotatable bonds is 2.